The van der Waals surface area contributed by atoms with Crippen molar-refractivity contribution < 1.29 is 0 Å². The Bertz CT molecular complexity index is 3240. The molecule has 0 unspecified atom stereocenters. The minimum absolute atomic E-state index is 0.973. The first-order valence-electron chi connectivity index (χ1n) is 19.4. The predicted octanol–water partition coefficient (Wildman–Crippen LogP) is 10.6. The zero-order valence-electron chi connectivity index (χ0n) is 30.7. The summed E-state index contributed by atoms with van der Waals surface area (Å²) in [7, 11) is -3.10. The summed E-state index contributed by atoms with van der Waals surface area (Å²) < 4.78 is 7.12. The van der Waals surface area contributed by atoms with Crippen molar-refractivity contribution in [3.8, 4) is 27.9 Å². The van der Waals surface area contributed by atoms with E-state index >= 15 is 0 Å². The van der Waals surface area contributed by atoms with Crippen LogP contribution in [0.4, 0.5) is 17.3 Å². The number of hydrogen-bond donors (Lipinski definition) is 0. The predicted molar refractivity (Wildman–Crippen MR) is 235 cm³/mol. The Hall–Kier alpha value is -7.48. The lowest BCUT2D eigenvalue weighted by atomic mass is 10.0. The third kappa shape index (κ3) is 3.97. The molecule has 0 atom stereocenters. The number of anilines is 3. The highest BCUT2D eigenvalue weighted by Crippen LogP contribution is 2.49. The van der Waals surface area contributed by atoms with Gasteiger partial charge in [-0.05, 0) is 93.3 Å². The van der Waals surface area contributed by atoms with E-state index in [1.54, 1.807) is 0 Å². The summed E-state index contributed by atoms with van der Waals surface area (Å²) in [5.74, 6) is 2.15. The quantitative estimate of drug-likeness (QED) is 0.169. The largest absolute Gasteiger partial charge is 0.378 e. The van der Waals surface area contributed by atoms with Gasteiger partial charge in [-0.1, -0.05) is 133 Å². The molecule has 57 heavy (non-hydrogen) atoms. The second-order valence-electron chi connectivity index (χ2n) is 15.1. The molecule has 0 radical (unpaired) electrons. The molecule has 0 saturated carbocycles. The molecule has 8 aromatic carbocycles. The molecule has 0 saturated heterocycles. The van der Waals surface area contributed by atoms with E-state index in [0.29, 0.717) is 0 Å². The van der Waals surface area contributed by atoms with Crippen molar-refractivity contribution in [1.82, 2.24) is 23.5 Å². The lowest BCUT2D eigenvalue weighted by molar-refractivity contribution is 0.819. The first kappa shape index (κ1) is 30.8. The highest BCUT2D eigenvalue weighted by Gasteiger charge is 2.58. The monoisotopic (exact) mass is 744 g/mol. The van der Waals surface area contributed by atoms with Crippen LogP contribution in [-0.4, -0.2) is 31.9 Å². The second-order valence-corrected chi connectivity index (χ2v) is 18.3. The van der Waals surface area contributed by atoms with Gasteiger partial charge < -0.3 is 4.57 Å². The van der Waals surface area contributed by atoms with E-state index in [-0.39, 0.29) is 0 Å². The molecule has 1 spiro atoms. The average Bonchev–Trinajstić information content (AvgIpc) is 4.03. The Balaban J connectivity index is 0.996. The van der Waals surface area contributed by atoms with Crippen molar-refractivity contribution in [3.05, 3.63) is 194 Å². The first-order chi connectivity index (χ1) is 28.3. The van der Waals surface area contributed by atoms with Crippen LogP contribution in [0.15, 0.2) is 194 Å². The van der Waals surface area contributed by atoms with E-state index in [1.807, 2.05) is 0 Å². The van der Waals surface area contributed by atoms with E-state index < -0.39 is 8.40 Å². The Kier molecular flexibility index (Phi) is 6.10. The Morgan fingerprint density at radius 3 is 1.26 bits per heavy atom. The van der Waals surface area contributed by atoms with E-state index in [2.05, 4.69) is 212 Å². The topological polar surface area (TPSA) is 43.8 Å². The maximum atomic E-state index is 5.54. The number of hydrogen-bond acceptors (Lipinski definition) is 3. The Labute approximate surface area is 328 Å². The molecule has 0 aliphatic carbocycles. The smallest absolute Gasteiger partial charge is 0.309 e. The van der Waals surface area contributed by atoms with Crippen LogP contribution < -0.4 is 15.3 Å². The molecule has 0 amide bonds. The summed E-state index contributed by atoms with van der Waals surface area (Å²) in [5.41, 5.74) is 11.4. The average molecular weight is 745 g/mol. The highest BCUT2D eigenvalue weighted by molar-refractivity contribution is 7.03. The van der Waals surface area contributed by atoms with E-state index in [1.165, 1.54) is 48.9 Å². The fourth-order valence-electron chi connectivity index (χ4n) is 9.81. The molecule has 11 aromatic rings. The Morgan fingerprint density at radius 2 is 0.754 bits per heavy atom. The van der Waals surface area contributed by atoms with Gasteiger partial charge in [-0.2, -0.15) is 10.2 Å². The van der Waals surface area contributed by atoms with Gasteiger partial charge in [0, 0.05) is 32.9 Å². The minimum atomic E-state index is -3.10. The van der Waals surface area contributed by atoms with Crippen LogP contribution in [0.2, 0.25) is 0 Å². The summed E-state index contributed by atoms with van der Waals surface area (Å²) in [5, 5.41) is 18.4. The molecule has 5 heterocycles. The molecule has 266 valence electrons. The van der Waals surface area contributed by atoms with Crippen molar-refractivity contribution in [2.75, 3.05) is 4.90 Å². The SMILES string of the molecule is c1ccc2c(c1)-c1ccccc1[Si]21n2nc3ccccc3c2N(c2ccc(-c3ccc(-n4c5ccccc5c5ccccc54)cc3)cc2)c2c3ccccc3nn21. The molecular weight excluding hydrogens is 713 g/mol. The molecule has 0 bridgehead atoms. The summed E-state index contributed by atoms with van der Waals surface area (Å²) >= 11 is 0. The van der Waals surface area contributed by atoms with E-state index in [9.17, 15) is 0 Å². The number of rotatable bonds is 3. The highest BCUT2D eigenvalue weighted by atomic mass is 28.3. The second kappa shape index (κ2) is 11.3. The molecular formula is C50H32N6Si. The summed E-state index contributed by atoms with van der Waals surface area (Å²) in [6.07, 6.45) is 0. The standard InChI is InChI=1S/C50H32N6Si/c1-7-19-43-41(17-1)49-54(36-31-27-34(28-32-36)33-25-29-35(30-26-33)53-45-21-9-3-13-37(45)38-14-4-10-22-46(38)53)50-42-18-2-8-20-44(42)52-56(50)57(55(49)51-43)47-23-11-5-15-39(47)40-16-6-12-24-48(40)57/h1-32H. The van der Waals surface area contributed by atoms with E-state index in [4.69, 9.17) is 10.2 Å². The molecule has 2 aliphatic heterocycles. The molecule has 6 nitrogen and oxygen atoms in total. The van der Waals surface area contributed by atoms with Gasteiger partial charge in [-0.3, -0.25) is 4.90 Å². The molecule has 0 N–H and O–H groups in total. The number of fused-ring (bicyclic) bond motifs is 16. The minimum Gasteiger partial charge on any atom is -0.309 e. The maximum Gasteiger partial charge on any atom is 0.378 e. The van der Waals surface area contributed by atoms with Gasteiger partial charge in [0.2, 0.25) is 0 Å². The molecule has 0 fully saturated rings. The third-order valence-electron chi connectivity index (χ3n) is 12.2. The fourth-order valence-corrected chi connectivity index (χ4v) is 14.6. The van der Waals surface area contributed by atoms with Gasteiger partial charge in [-0.15, -0.1) is 0 Å². The van der Waals surface area contributed by atoms with Crippen LogP contribution in [0.25, 0.3) is 71.6 Å². The maximum absolute atomic E-state index is 5.54. The van der Waals surface area contributed by atoms with Crippen LogP contribution in [0.5, 0.6) is 0 Å². The third-order valence-corrected chi connectivity index (χ3v) is 16.4. The normalized spacial score (nSPS) is 13.7. The number of aromatic nitrogens is 5. The zero-order valence-corrected chi connectivity index (χ0v) is 31.7. The van der Waals surface area contributed by atoms with E-state index in [0.717, 1.165) is 50.4 Å². The van der Waals surface area contributed by atoms with Gasteiger partial charge in [0.15, 0.2) is 0 Å². The van der Waals surface area contributed by atoms with Gasteiger partial charge in [0.1, 0.15) is 11.6 Å². The zero-order chi connectivity index (χ0) is 37.2. The lowest BCUT2D eigenvalue weighted by Gasteiger charge is -2.41. The van der Waals surface area contributed by atoms with Crippen molar-refractivity contribution in [1.29, 1.82) is 0 Å². The van der Waals surface area contributed by atoms with Crippen LogP contribution in [-0.2, 0) is 0 Å². The van der Waals surface area contributed by atoms with Crippen LogP contribution >= 0.6 is 0 Å². The van der Waals surface area contributed by atoms with Crippen LogP contribution in [0, 0.1) is 0 Å². The number of para-hydroxylation sites is 2. The van der Waals surface area contributed by atoms with Crippen molar-refractivity contribution >= 4 is 79.7 Å². The van der Waals surface area contributed by atoms with Gasteiger partial charge in [0.05, 0.1) is 22.1 Å². The van der Waals surface area contributed by atoms with Crippen LogP contribution in [0.3, 0.4) is 0 Å². The fraction of sp³-hybridized carbons (Fsp3) is 0. The van der Waals surface area contributed by atoms with Crippen LogP contribution in [0.1, 0.15) is 0 Å². The number of benzene rings is 8. The summed E-state index contributed by atoms with van der Waals surface area (Å²) in [4.78, 5) is 2.40. The van der Waals surface area contributed by atoms with Gasteiger partial charge in [-0.25, -0.2) is 8.69 Å². The van der Waals surface area contributed by atoms with Crippen molar-refractivity contribution in [3.63, 3.8) is 0 Å². The van der Waals surface area contributed by atoms with Crippen molar-refractivity contribution in [2.45, 2.75) is 0 Å². The first-order valence-corrected chi connectivity index (χ1v) is 21.3. The van der Waals surface area contributed by atoms with Gasteiger partial charge >= 0.3 is 8.40 Å². The molecule has 7 heteroatoms. The van der Waals surface area contributed by atoms with Crippen molar-refractivity contribution in [2.24, 2.45) is 0 Å². The Morgan fingerprint density at radius 1 is 0.351 bits per heavy atom. The summed E-state index contributed by atoms with van der Waals surface area (Å²) in [6.45, 7) is 0. The number of nitrogens with zero attached hydrogens (tertiary/aromatic N) is 6. The summed E-state index contributed by atoms with van der Waals surface area (Å²) in [6, 6.07) is 70.2. The molecule has 3 aromatic heterocycles. The molecule has 2 aliphatic rings. The lowest BCUT2D eigenvalue weighted by Crippen LogP contribution is -2.70. The molecule has 13 rings (SSSR count). The van der Waals surface area contributed by atoms with Gasteiger partial charge in [0.25, 0.3) is 0 Å².